The highest BCUT2D eigenvalue weighted by molar-refractivity contribution is 14.1. The molecule has 19 heavy (non-hydrogen) atoms. The Hall–Kier alpha value is -0.910. The molecule has 0 amide bonds. The maximum Gasteiger partial charge on any atom is 0.228 e. The minimum atomic E-state index is -1.06. The molecule has 0 radical (unpaired) electrons. The van der Waals surface area contributed by atoms with E-state index in [1.165, 1.54) is 12.7 Å². The largest absolute Gasteiger partial charge is 0.388 e. The van der Waals surface area contributed by atoms with Crippen LogP contribution in [0.4, 0.5) is 0 Å². The molecular weight excluding hydrogens is 365 g/mol. The molecule has 1 fully saturated rings. The predicted octanol–water partition coefficient (Wildman–Crippen LogP) is -0.654. The number of alkyl halides is 1. The zero-order valence-electron chi connectivity index (χ0n) is 9.93. The van der Waals surface area contributed by atoms with Crippen LogP contribution in [0.25, 0.3) is 0 Å². The molecule has 3 aliphatic heterocycles. The van der Waals surface area contributed by atoms with Gasteiger partial charge in [-0.25, -0.2) is 15.0 Å². The summed E-state index contributed by atoms with van der Waals surface area (Å²) in [7, 11) is 0. The lowest BCUT2D eigenvalue weighted by molar-refractivity contribution is -0.0306. The van der Waals surface area contributed by atoms with Crippen LogP contribution in [0.3, 0.4) is 0 Å². The van der Waals surface area contributed by atoms with Crippen LogP contribution < -0.4 is 0 Å². The molecule has 3 heterocycles. The fourth-order valence-corrected chi connectivity index (χ4v) is 2.90. The fraction of sp³-hybridized carbons (Fsp3) is 0.600. The monoisotopic (exact) mass is 377 g/mol. The standard InChI is InChI=1S/C10H12IN5O3/c1-4-5(17)6(18)7(19-4)16-3-15-10(11)8(12)13-2-14-9(10)16/h2-7,12,17-18H,1H3/t4-,5-,6-,7-,10?/m1/s1. The van der Waals surface area contributed by atoms with Gasteiger partial charge < -0.3 is 14.9 Å². The molecule has 3 aliphatic rings. The molecule has 102 valence electrons. The Kier molecular flexibility index (Phi) is 2.96. The molecule has 0 aromatic carbocycles. The Labute approximate surface area is 122 Å². The fourth-order valence-electron chi connectivity index (χ4n) is 2.21. The van der Waals surface area contributed by atoms with E-state index in [0.29, 0.717) is 5.84 Å². The molecule has 0 aromatic rings. The minimum Gasteiger partial charge on any atom is -0.388 e. The molecule has 0 spiro atoms. The average molecular weight is 377 g/mol. The number of amidine groups is 2. The van der Waals surface area contributed by atoms with E-state index < -0.39 is 28.1 Å². The third-order valence-electron chi connectivity index (χ3n) is 3.33. The summed E-state index contributed by atoms with van der Waals surface area (Å²) < 4.78 is 4.55. The van der Waals surface area contributed by atoms with E-state index in [2.05, 4.69) is 15.0 Å². The number of hydrogen-bond donors (Lipinski definition) is 3. The third kappa shape index (κ3) is 1.75. The van der Waals surface area contributed by atoms with E-state index >= 15 is 0 Å². The zero-order chi connectivity index (χ0) is 13.8. The number of rotatable bonds is 1. The first kappa shape index (κ1) is 13.1. The second kappa shape index (κ2) is 4.30. The van der Waals surface area contributed by atoms with Crippen molar-refractivity contribution in [3.05, 3.63) is 0 Å². The van der Waals surface area contributed by atoms with Crippen LogP contribution in [0.1, 0.15) is 6.92 Å². The molecule has 1 unspecified atom stereocenters. The average Bonchev–Trinajstić information content (AvgIpc) is 2.84. The van der Waals surface area contributed by atoms with Crippen LogP contribution in [0.5, 0.6) is 0 Å². The van der Waals surface area contributed by atoms with Crippen molar-refractivity contribution in [2.24, 2.45) is 15.0 Å². The zero-order valence-corrected chi connectivity index (χ0v) is 12.1. The van der Waals surface area contributed by atoms with Crippen molar-refractivity contribution in [3.8, 4) is 0 Å². The van der Waals surface area contributed by atoms with Crippen molar-refractivity contribution in [1.29, 1.82) is 5.41 Å². The number of aliphatic hydroxyl groups is 2. The summed E-state index contributed by atoms with van der Waals surface area (Å²) in [6, 6.07) is 0. The molecular formula is C10H12IN5O3. The Morgan fingerprint density at radius 2 is 2.21 bits per heavy atom. The van der Waals surface area contributed by atoms with Crippen LogP contribution in [-0.4, -0.2) is 67.5 Å². The summed E-state index contributed by atoms with van der Waals surface area (Å²) in [4.78, 5) is 13.7. The van der Waals surface area contributed by atoms with Gasteiger partial charge in [-0.2, -0.15) is 0 Å². The molecule has 8 nitrogen and oxygen atoms in total. The second-order valence-electron chi connectivity index (χ2n) is 4.53. The first-order valence-corrected chi connectivity index (χ1v) is 6.77. The highest BCUT2D eigenvalue weighted by Crippen LogP contribution is 2.35. The number of halogens is 1. The number of aliphatic hydroxyl groups excluding tert-OH is 2. The number of aliphatic imine (C=N–C) groups is 3. The SMILES string of the molecule is C[C@H]1O[C@@H](N2C=NC3(I)C(=N)N=CN=C23)[C@H](O)[C@@H]1O. The van der Waals surface area contributed by atoms with Gasteiger partial charge in [-0.3, -0.25) is 10.3 Å². The third-order valence-corrected chi connectivity index (χ3v) is 4.60. The number of nitrogens with one attached hydrogen (secondary N) is 1. The van der Waals surface area contributed by atoms with Gasteiger partial charge in [0.2, 0.25) is 3.55 Å². The summed E-state index contributed by atoms with van der Waals surface area (Å²) in [6.45, 7) is 1.69. The van der Waals surface area contributed by atoms with Crippen LogP contribution in [-0.2, 0) is 4.74 Å². The Morgan fingerprint density at radius 3 is 2.84 bits per heavy atom. The van der Waals surface area contributed by atoms with Gasteiger partial charge in [0.1, 0.15) is 18.5 Å². The quantitative estimate of drug-likeness (QED) is 0.320. The van der Waals surface area contributed by atoms with Crippen LogP contribution >= 0.6 is 22.6 Å². The Morgan fingerprint density at radius 1 is 1.47 bits per heavy atom. The smallest absolute Gasteiger partial charge is 0.228 e. The second-order valence-corrected chi connectivity index (χ2v) is 6.09. The van der Waals surface area contributed by atoms with Gasteiger partial charge in [0, 0.05) is 0 Å². The van der Waals surface area contributed by atoms with Gasteiger partial charge in [-0.1, -0.05) is 0 Å². The van der Waals surface area contributed by atoms with Gasteiger partial charge in [0.25, 0.3) is 0 Å². The minimum absolute atomic E-state index is 0.0675. The molecule has 5 atom stereocenters. The lowest BCUT2D eigenvalue weighted by Gasteiger charge is -2.30. The van der Waals surface area contributed by atoms with Gasteiger partial charge >= 0.3 is 0 Å². The number of hydrogen-bond acceptors (Lipinski definition) is 7. The van der Waals surface area contributed by atoms with E-state index in [1.807, 2.05) is 22.6 Å². The van der Waals surface area contributed by atoms with Gasteiger partial charge in [-0.05, 0) is 29.5 Å². The topological polar surface area (TPSA) is 114 Å². The Bertz CT molecular complexity index is 521. The molecule has 0 bridgehead atoms. The number of fused-ring (bicyclic) bond motifs is 1. The molecule has 3 N–H and O–H groups in total. The van der Waals surface area contributed by atoms with Crippen molar-refractivity contribution < 1.29 is 14.9 Å². The maximum absolute atomic E-state index is 10.0. The van der Waals surface area contributed by atoms with Crippen molar-refractivity contribution in [3.63, 3.8) is 0 Å². The molecule has 1 saturated heterocycles. The number of nitrogens with zero attached hydrogens (tertiary/aromatic N) is 4. The highest BCUT2D eigenvalue weighted by atomic mass is 127. The van der Waals surface area contributed by atoms with Crippen molar-refractivity contribution >= 4 is 46.9 Å². The van der Waals surface area contributed by atoms with Crippen molar-refractivity contribution in [2.45, 2.75) is 35.0 Å². The summed E-state index contributed by atoms with van der Waals surface area (Å²) >= 11 is 1.98. The summed E-state index contributed by atoms with van der Waals surface area (Å²) in [5, 5.41) is 27.6. The first-order chi connectivity index (χ1) is 8.95. The van der Waals surface area contributed by atoms with E-state index in [0.717, 1.165) is 0 Å². The molecule has 0 aromatic heterocycles. The van der Waals surface area contributed by atoms with Crippen LogP contribution in [0.2, 0.25) is 0 Å². The van der Waals surface area contributed by atoms with Gasteiger partial charge in [-0.15, -0.1) is 0 Å². The maximum atomic E-state index is 10.0. The number of ether oxygens (including phenoxy) is 1. The molecule has 3 rings (SSSR count). The van der Waals surface area contributed by atoms with Gasteiger partial charge in [0.05, 0.1) is 12.4 Å². The van der Waals surface area contributed by atoms with E-state index in [-0.39, 0.29) is 5.84 Å². The normalized spacial score (nSPS) is 44.7. The predicted molar refractivity (Wildman–Crippen MR) is 77.1 cm³/mol. The van der Waals surface area contributed by atoms with Crippen molar-refractivity contribution in [1.82, 2.24) is 4.90 Å². The first-order valence-electron chi connectivity index (χ1n) is 5.69. The summed E-state index contributed by atoms with van der Waals surface area (Å²) in [5.74, 6) is 0.524. The summed E-state index contributed by atoms with van der Waals surface area (Å²) in [6.07, 6.45) is -0.515. The Balaban J connectivity index is 1.93. The van der Waals surface area contributed by atoms with Crippen LogP contribution in [0.15, 0.2) is 15.0 Å². The van der Waals surface area contributed by atoms with Gasteiger partial charge in [0.15, 0.2) is 17.9 Å². The lowest BCUT2D eigenvalue weighted by atomic mass is 10.1. The van der Waals surface area contributed by atoms with E-state index in [4.69, 9.17) is 10.1 Å². The highest BCUT2D eigenvalue weighted by Gasteiger charge is 2.52. The van der Waals surface area contributed by atoms with Crippen molar-refractivity contribution in [2.75, 3.05) is 0 Å². The summed E-state index contributed by atoms with van der Waals surface area (Å²) in [5.41, 5.74) is 0. The van der Waals surface area contributed by atoms with Crippen LogP contribution in [0, 0.1) is 5.41 Å². The van der Waals surface area contributed by atoms with E-state index in [9.17, 15) is 10.2 Å². The van der Waals surface area contributed by atoms with E-state index in [1.54, 1.807) is 11.8 Å². The molecule has 9 heteroatoms. The molecule has 0 saturated carbocycles. The lowest BCUT2D eigenvalue weighted by Crippen LogP contribution is -2.51. The molecule has 0 aliphatic carbocycles.